The van der Waals surface area contributed by atoms with Gasteiger partial charge in [0.2, 0.25) is 0 Å². The maximum Gasteiger partial charge on any atom is 0.119 e. The van der Waals surface area contributed by atoms with Crippen LogP contribution in [0, 0.1) is 11.7 Å². The molecule has 0 amide bonds. The summed E-state index contributed by atoms with van der Waals surface area (Å²) >= 11 is 5.88. The van der Waals surface area contributed by atoms with Crippen LogP contribution in [0.15, 0.2) is 52.4 Å². The quantitative estimate of drug-likeness (QED) is 0.796. The van der Waals surface area contributed by atoms with Gasteiger partial charge >= 0.3 is 0 Å². The van der Waals surface area contributed by atoms with Gasteiger partial charge in [0, 0.05) is 10.6 Å². The largest absolute Gasteiger partial charge is 0.269 e. The van der Waals surface area contributed by atoms with E-state index in [-0.39, 0.29) is 0 Å². The molecule has 0 aromatic heterocycles. The molecule has 0 fully saturated rings. The number of para-hydroxylation sites is 1. The number of hydrogen-bond donors (Lipinski definition) is 1. The van der Waals surface area contributed by atoms with Crippen LogP contribution in [-0.2, 0) is 10.7 Å². The lowest BCUT2D eigenvalue weighted by Gasteiger charge is -2.03. The molecule has 1 unspecified atom stereocenters. The summed E-state index contributed by atoms with van der Waals surface area (Å²) < 4.78 is 8.32. The predicted octanol–water partition coefficient (Wildman–Crippen LogP) is 4.48. The van der Waals surface area contributed by atoms with Gasteiger partial charge in [0.25, 0.3) is 0 Å². The summed E-state index contributed by atoms with van der Waals surface area (Å²) in [5.41, 5.74) is 3.07. The molecule has 0 aliphatic carbocycles. The van der Waals surface area contributed by atoms with E-state index < -0.39 is 10.7 Å². The zero-order valence-corrected chi connectivity index (χ0v) is 11.3. The van der Waals surface area contributed by atoms with Gasteiger partial charge in [-0.3, -0.25) is 4.78 Å². The topological polar surface area (TPSA) is 36.2 Å². The molecule has 1 atom stereocenters. The highest BCUT2D eigenvalue weighted by Crippen LogP contribution is 2.35. The average molecular weight is 275 g/mol. The molecule has 0 saturated carbocycles. The lowest BCUT2D eigenvalue weighted by atomic mass is 10.2. The van der Waals surface area contributed by atoms with E-state index in [4.69, 9.17) is 16.4 Å². The summed E-state index contributed by atoms with van der Waals surface area (Å²) in [6.07, 6.45) is 0. The number of rotatable bonds is 1. The number of halogens is 1. The molecule has 4 heteroatoms. The molecule has 2 nitrogen and oxygen atoms in total. The van der Waals surface area contributed by atoms with Crippen molar-refractivity contribution in [3.63, 3.8) is 0 Å². The number of nitrogens with zero attached hydrogens (tertiary/aromatic N) is 1. The average Bonchev–Trinajstić information content (AvgIpc) is 2.70. The van der Waals surface area contributed by atoms with Crippen LogP contribution in [0.1, 0.15) is 11.1 Å². The Morgan fingerprint density at radius 3 is 2.50 bits per heavy atom. The van der Waals surface area contributed by atoms with Gasteiger partial charge in [-0.05, 0) is 41.4 Å². The van der Waals surface area contributed by atoms with Crippen LogP contribution < -0.4 is 0 Å². The summed E-state index contributed by atoms with van der Waals surface area (Å²) in [6.45, 7) is 2.03. The molecule has 2 aromatic carbocycles. The summed E-state index contributed by atoms with van der Waals surface area (Å²) in [6, 6.07) is 13.5. The first-order chi connectivity index (χ1) is 8.66. The minimum absolute atomic E-state index is 0.697. The Balaban J connectivity index is 2.12. The molecule has 3 rings (SSSR count). The van der Waals surface area contributed by atoms with E-state index in [0.29, 0.717) is 5.02 Å². The molecule has 2 aromatic rings. The number of nitrogens with one attached hydrogen (secondary N) is 1. The third-order valence-electron chi connectivity index (χ3n) is 2.92. The van der Waals surface area contributed by atoms with E-state index in [9.17, 15) is 0 Å². The zero-order chi connectivity index (χ0) is 12.7. The third-order valence-corrected chi connectivity index (χ3v) is 4.65. The fourth-order valence-corrected chi connectivity index (χ4v) is 3.47. The summed E-state index contributed by atoms with van der Waals surface area (Å²) in [5, 5.41) is 1.53. The highest BCUT2D eigenvalue weighted by atomic mass is 35.5. The van der Waals surface area contributed by atoms with Crippen molar-refractivity contribution < 1.29 is 0 Å². The molecule has 1 heterocycles. The van der Waals surface area contributed by atoms with Crippen molar-refractivity contribution >= 4 is 33.0 Å². The monoisotopic (exact) mass is 274 g/mol. The summed E-state index contributed by atoms with van der Waals surface area (Å²) in [4.78, 5) is 5.64. The SMILES string of the molecule is Cc1cccc2c1N=C(c1ccc(Cl)cc1)S2=N. The fraction of sp³-hybridized carbons (Fsp3) is 0.0714. The standard InChI is InChI=1S/C14H11ClN2S/c1-9-3-2-4-12-13(9)17-14(18(12)16)10-5-7-11(15)8-6-10/h2-8,16H,1H3. The molecular formula is C14H11ClN2S. The van der Waals surface area contributed by atoms with Gasteiger partial charge in [0.05, 0.1) is 10.6 Å². The molecule has 90 valence electrons. The van der Waals surface area contributed by atoms with Crippen molar-refractivity contribution in [2.24, 2.45) is 4.99 Å². The molecule has 1 aliphatic heterocycles. The first kappa shape index (κ1) is 11.6. The van der Waals surface area contributed by atoms with E-state index in [1.807, 2.05) is 49.4 Å². The van der Waals surface area contributed by atoms with E-state index in [1.54, 1.807) is 0 Å². The maximum atomic E-state index is 8.32. The molecule has 0 bridgehead atoms. The van der Waals surface area contributed by atoms with Gasteiger partial charge in [-0.1, -0.05) is 35.9 Å². The van der Waals surface area contributed by atoms with Crippen molar-refractivity contribution in [1.82, 2.24) is 0 Å². The van der Waals surface area contributed by atoms with Gasteiger partial charge in [-0.25, -0.2) is 4.99 Å². The molecule has 0 spiro atoms. The Bertz CT molecular complexity index is 675. The Labute approximate surface area is 113 Å². The number of fused-ring (bicyclic) bond motifs is 1. The number of aliphatic imine (C=N–C) groups is 1. The molecule has 18 heavy (non-hydrogen) atoms. The van der Waals surface area contributed by atoms with Gasteiger partial charge in [-0.2, -0.15) is 0 Å². The Morgan fingerprint density at radius 1 is 1.11 bits per heavy atom. The van der Waals surface area contributed by atoms with Crippen molar-refractivity contribution in [3.05, 3.63) is 58.6 Å². The normalized spacial score (nSPS) is 17.4. The van der Waals surface area contributed by atoms with Crippen LogP contribution >= 0.6 is 11.6 Å². The maximum absolute atomic E-state index is 8.32. The van der Waals surface area contributed by atoms with Crippen molar-refractivity contribution in [2.45, 2.75) is 11.8 Å². The van der Waals surface area contributed by atoms with Gasteiger partial charge < -0.3 is 0 Å². The van der Waals surface area contributed by atoms with E-state index in [1.165, 1.54) is 0 Å². The first-order valence-electron chi connectivity index (χ1n) is 5.56. The van der Waals surface area contributed by atoms with Crippen LogP contribution in [0.25, 0.3) is 0 Å². The Hall–Kier alpha value is -1.45. The summed E-state index contributed by atoms with van der Waals surface area (Å²) in [7, 11) is -0.697. The molecule has 1 aliphatic rings. The second kappa shape index (κ2) is 4.34. The molecular weight excluding hydrogens is 264 g/mol. The smallest absolute Gasteiger partial charge is 0.119 e. The Morgan fingerprint density at radius 2 is 1.83 bits per heavy atom. The van der Waals surface area contributed by atoms with Crippen LogP contribution in [0.3, 0.4) is 0 Å². The lowest BCUT2D eigenvalue weighted by molar-refractivity contribution is 1.32. The predicted molar refractivity (Wildman–Crippen MR) is 77.2 cm³/mol. The van der Waals surface area contributed by atoms with E-state index in [2.05, 4.69) is 4.99 Å². The Kier molecular flexibility index (Phi) is 2.80. The van der Waals surface area contributed by atoms with Gasteiger partial charge in [-0.15, -0.1) is 0 Å². The number of benzene rings is 2. The van der Waals surface area contributed by atoms with Crippen molar-refractivity contribution in [1.29, 1.82) is 4.78 Å². The van der Waals surface area contributed by atoms with Gasteiger partial charge in [0.15, 0.2) is 0 Å². The molecule has 1 N–H and O–H groups in total. The van der Waals surface area contributed by atoms with Gasteiger partial charge in [0.1, 0.15) is 5.04 Å². The van der Waals surface area contributed by atoms with Crippen molar-refractivity contribution in [2.75, 3.05) is 0 Å². The highest BCUT2D eigenvalue weighted by Gasteiger charge is 2.22. The molecule has 0 saturated heterocycles. The van der Waals surface area contributed by atoms with Crippen molar-refractivity contribution in [3.8, 4) is 0 Å². The highest BCUT2D eigenvalue weighted by molar-refractivity contribution is 8.02. The number of aryl methyl sites for hydroxylation is 1. The van der Waals surface area contributed by atoms with E-state index >= 15 is 0 Å². The summed E-state index contributed by atoms with van der Waals surface area (Å²) in [5.74, 6) is 0. The number of hydrogen-bond acceptors (Lipinski definition) is 2. The van der Waals surface area contributed by atoms with Crippen LogP contribution in [0.5, 0.6) is 0 Å². The minimum Gasteiger partial charge on any atom is -0.269 e. The zero-order valence-electron chi connectivity index (χ0n) is 9.77. The van der Waals surface area contributed by atoms with Crippen LogP contribution in [0.2, 0.25) is 5.02 Å². The second-order valence-electron chi connectivity index (χ2n) is 4.15. The van der Waals surface area contributed by atoms with Crippen LogP contribution in [0.4, 0.5) is 5.69 Å². The first-order valence-corrected chi connectivity index (χ1v) is 7.17. The fourth-order valence-electron chi connectivity index (χ4n) is 1.97. The third kappa shape index (κ3) is 1.80. The minimum atomic E-state index is -0.697. The molecule has 0 radical (unpaired) electrons. The second-order valence-corrected chi connectivity index (χ2v) is 6.03. The van der Waals surface area contributed by atoms with Crippen LogP contribution in [-0.4, -0.2) is 5.04 Å². The van der Waals surface area contributed by atoms with E-state index in [0.717, 1.165) is 26.8 Å². The lowest BCUT2D eigenvalue weighted by Crippen LogP contribution is -2.03.